The molecule has 0 bridgehead atoms. The van der Waals surface area contributed by atoms with Gasteiger partial charge in [0, 0.05) is 23.4 Å². The van der Waals surface area contributed by atoms with Gasteiger partial charge >= 0.3 is 0 Å². The number of aryl methyl sites for hydroxylation is 1. The molecule has 2 aromatic carbocycles. The molecule has 3 aromatic rings. The second kappa shape index (κ2) is 8.48. The predicted molar refractivity (Wildman–Crippen MR) is 101 cm³/mol. The van der Waals surface area contributed by atoms with Crippen molar-refractivity contribution in [2.75, 3.05) is 5.32 Å². The number of nitrogens with zero attached hydrogens (tertiary/aromatic N) is 2. The summed E-state index contributed by atoms with van der Waals surface area (Å²) in [5.41, 5.74) is 2.56. The molecule has 6 heteroatoms. The van der Waals surface area contributed by atoms with Gasteiger partial charge in [-0.05, 0) is 36.2 Å². The molecule has 0 saturated carbocycles. The number of anilines is 1. The Morgan fingerprint density at radius 2 is 1.88 bits per heavy atom. The third-order valence-electron chi connectivity index (χ3n) is 3.61. The molecule has 5 nitrogen and oxygen atoms in total. The topological polar surface area (TPSA) is 70.7 Å². The van der Waals surface area contributed by atoms with Crippen LogP contribution in [0.25, 0.3) is 0 Å². The zero-order valence-corrected chi connectivity index (χ0v) is 14.8. The maximum absolute atomic E-state index is 12.2. The third kappa shape index (κ3) is 4.93. The fraction of sp³-hybridized carbons (Fsp3) is 0.211. The molecule has 1 heterocycles. The van der Waals surface area contributed by atoms with E-state index >= 15 is 0 Å². The normalized spacial score (nSPS) is 10.6. The van der Waals surface area contributed by atoms with Crippen LogP contribution in [-0.2, 0) is 12.2 Å². The molecule has 25 heavy (non-hydrogen) atoms. The standard InChI is InChI=1S/C19H20N4OS/c1-2-6-17-21-19(23-22-17)25-13-14-9-11-15(12-10-14)18(24)20-16-7-4-3-5-8-16/h3-5,7-12H,2,6,13H2,1H3,(H,20,24)(H,21,22,23). The lowest BCUT2D eigenvalue weighted by molar-refractivity contribution is 0.102. The summed E-state index contributed by atoms with van der Waals surface area (Å²) in [5, 5.41) is 10.8. The molecule has 2 N–H and O–H groups in total. The number of hydrogen-bond donors (Lipinski definition) is 2. The number of amides is 1. The first-order valence-corrected chi connectivity index (χ1v) is 9.22. The minimum Gasteiger partial charge on any atom is -0.322 e. The Kier molecular flexibility index (Phi) is 5.85. The van der Waals surface area contributed by atoms with E-state index in [1.807, 2.05) is 54.6 Å². The van der Waals surface area contributed by atoms with Crippen LogP contribution < -0.4 is 5.32 Å². The van der Waals surface area contributed by atoms with Gasteiger partial charge in [-0.25, -0.2) is 4.98 Å². The van der Waals surface area contributed by atoms with Gasteiger partial charge < -0.3 is 5.32 Å². The van der Waals surface area contributed by atoms with Crippen molar-refractivity contribution in [3.8, 4) is 0 Å². The van der Waals surface area contributed by atoms with E-state index in [4.69, 9.17) is 0 Å². The molecule has 0 fully saturated rings. The zero-order valence-electron chi connectivity index (χ0n) is 14.0. The average molecular weight is 352 g/mol. The summed E-state index contributed by atoms with van der Waals surface area (Å²) in [5.74, 6) is 1.59. The lowest BCUT2D eigenvalue weighted by Gasteiger charge is -2.06. The number of carbonyl (C=O) groups is 1. The zero-order chi connectivity index (χ0) is 17.5. The molecule has 0 spiro atoms. The van der Waals surface area contributed by atoms with E-state index in [1.165, 1.54) is 0 Å². The maximum Gasteiger partial charge on any atom is 0.255 e. The second-order valence-corrected chi connectivity index (χ2v) is 6.56. The Morgan fingerprint density at radius 3 is 2.60 bits per heavy atom. The molecular weight excluding hydrogens is 332 g/mol. The monoisotopic (exact) mass is 352 g/mol. The largest absolute Gasteiger partial charge is 0.322 e. The van der Waals surface area contributed by atoms with Crippen molar-refractivity contribution in [2.45, 2.75) is 30.7 Å². The number of aromatic nitrogens is 3. The van der Waals surface area contributed by atoms with Crippen molar-refractivity contribution in [1.29, 1.82) is 0 Å². The quantitative estimate of drug-likeness (QED) is 0.622. The maximum atomic E-state index is 12.2. The molecular formula is C19H20N4OS. The third-order valence-corrected chi connectivity index (χ3v) is 4.53. The van der Waals surface area contributed by atoms with Crippen LogP contribution in [0.1, 0.15) is 35.1 Å². The predicted octanol–water partition coefficient (Wildman–Crippen LogP) is 4.30. The highest BCUT2D eigenvalue weighted by atomic mass is 32.2. The van der Waals surface area contributed by atoms with E-state index in [2.05, 4.69) is 27.4 Å². The number of para-hydroxylation sites is 1. The first-order valence-electron chi connectivity index (χ1n) is 8.24. The molecule has 0 aliphatic carbocycles. The number of H-pyrrole nitrogens is 1. The highest BCUT2D eigenvalue weighted by Crippen LogP contribution is 2.20. The van der Waals surface area contributed by atoms with Gasteiger partial charge in [-0.15, -0.1) is 5.10 Å². The van der Waals surface area contributed by atoms with Gasteiger partial charge in [-0.3, -0.25) is 9.89 Å². The molecule has 0 atom stereocenters. The van der Waals surface area contributed by atoms with E-state index in [-0.39, 0.29) is 5.91 Å². The molecule has 0 aliphatic heterocycles. The van der Waals surface area contributed by atoms with Crippen molar-refractivity contribution < 1.29 is 4.79 Å². The van der Waals surface area contributed by atoms with Crippen molar-refractivity contribution in [3.05, 3.63) is 71.5 Å². The lowest BCUT2D eigenvalue weighted by Crippen LogP contribution is -2.11. The summed E-state index contributed by atoms with van der Waals surface area (Å²) in [6, 6.07) is 17.1. The minimum atomic E-state index is -0.108. The molecule has 128 valence electrons. The Hall–Kier alpha value is -2.60. The van der Waals surface area contributed by atoms with Crippen LogP contribution in [0.15, 0.2) is 59.8 Å². The van der Waals surface area contributed by atoms with E-state index in [0.29, 0.717) is 5.56 Å². The summed E-state index contributed by atoms with van der Waals surface area (Å²) in [6.45, 7) is 2.12. The average Bonchev–Trinajstić information content (AvgIpc) is 3.09. The molecule has 3 rings (SSSR count). The van der Waals surface area contributed by atoms with Gasteiger partial charge in [0.05, 0.1) is 0 Å². The molecule has 1 aromatic heterocycles. The number of aromatic amines is 1. The molecule has 0 saturated heterocycles. The van der Waals surface area contributed by atoms with Crippen LogP contribution in [0, 0.1) is 0 Å². The summed E-state index contributed by atoms with van der Waals surface area (Å²) in [6.07, 6.45) is 1.96. The number of hydrogen-bond acceptors (Lipinski definition) is 4. The fourth-order valence-electron chi connectivity index (χ4n) is 2.32. The molecule has 0 unspecified atom stereocenters. The van der Waals surface area contributed by atoms with E-state index < -0.39 is 0 Å². The summed E-state index contributed by atoms with van der Waals surface area (Å²) < 4.78 is 0. The van der Waals surface area contributed by atoms with Gasteiger partial charge in [0.15, 0.2) is 0 Å². The fourth-order valence-corrected chi connectivity index (χ4v) is 3.09. The number of benzene rings is 2. The Morgan fingerprint density at radius 1 is 1.12 bits per heavy atom. The Labute approximate surface area is 151 Å². The first kappa shape index (κ1) is 17.2. The van der Waals surface area contributed by atoms with Gasteiger partial charge in [-0.2, -0.15) is 0 Å². The first-order chi connectivity index (χ1) is 12.2. The minimum absolute atomic E-state index is 0.108. The van der Waals surface area contributed by atoms with Crippen LogP contribution in [0.5, 0.6) is 0 Å². The second-order valence-electron chi connectivity index (χ2n) is 5.62. The van der Waals surface area contributed by atoms with E-state index in [1.54, 1.807) is 11.8 Å². The van der Waals surface area contributed by atoms with Gasteiger partial charge in [-0.1, -0.05) is 49.0 Å². The van der Waals surface area contributed by atoms with Crippen molar-refractivity contribution in [3.63, 3.8) is 0 Å². The lowest BCUT2D eigenvalue weighted by atomic mass is 10.1. The van der Waals surface area contributed by atoms with Gasteiger partial charge in [0.25, 0.3) is 5.91 Å². The Balaban J connectivity index is 1.55. The van der Waals surface area contributed by atoms with Crippen LogP contribution >= 0.6 is 11.8 Å². The van der Waals surface area contributed by atoms with Crippen LogP contribution in [0.4, 0.5) is 5.69 Å². The van der Waals surface area contributed by atoms with Crippen molar-refractivity contribution >= 4 is 23.4 Å². The van der Waals surface area contributed by atoms with Crippen LogP contribution in [0.2, 0.25) is 0 Å². The smallest absolute Gasteiger partial charge is 0.255 e. The Bertz CT molecular complexity index is 815. The van der Waals surface area contributed by atoms with E-state index in [9.17, 15) is 4.79 Å². The van der Waals surface area contributed by atoms with Crippen LogP contribution in [0.3, 0.4) is 0 Å². The summed E-state index contributed by atoms with van der Waals surface area (Å²) in [7, 11) is 0. The summed E-state index contributed by atoms with van der Waals surface area (Å²) in [4.78, 5) is 16.7. The SMILES string of the molecule is CCCc1nc(SCc2ccc(C(=O)Nc3ccccc3)cc2)n[nH]1. The molecule has 0 radical (unpaired) electrons. The van der Waals surface area contributed by atoms with Gasteiger partial charge in [0.2, 0.25) is 5.16 Å². The molecule has 1 amide bonds. The van der Waals surface area contributed by atoms with Crippen molar-refractivity contribution in [1.82, 2.24) is 15.2 Å². The summed E-state index contributed by atoms with van der Waals surface area (Å²) >= 11 is 1.58. The molecule has 0 aliphatic rings. The highest BCUT2D eigenvalue weighted by molar-refractivity contribution is 7.98. The van der Waals surface area contributed by atoms with E-state index in [0.717, 1.165) is 40.8 Å². The number of thioether (sulfide) groups is 1. The highest BCUT2D eigenvalue weighted by Gasteiger charge is 2.07. The number of rotatable bonds is 7. The van der Waals surface area contributed by atoms with Crippen molar-refractivity contribution in [2.24, 2.45) is 0 Å². The van der Waals surface area contributed by atoms with Crippen LogP contribution in [-0.4, -0.2) is 21.1 Å². The number of carbonyl (C=O) groups excluding carboxylic acids is 1. The number of nitrogens with one attached hydrogen (secondary N) is 2. The van der Waals surface area contributed by atoms with Gasteiger partial charge in [0.1, 0.15) is 5.82 Å².